The summed E-state index contributed by atoms with van der Waals surface area (Å²) >= 11 is 0. The van der Waals surface area contributed by atoms with Gasteiger partial charge in [0, 0.05) is 20.1 Å². The van der Waals surface area contributed by atoms with Gasteiger partial charge in [-0.25, -0.2) is 0 Å². The Labute approximate surface area is 119 Å². The lowest BCUT2D eigenvalue weighted by Crippen LogP contribution is -2.37. The first-order valence-corrected chi connectivity index (χ1v) is 6.60. The maximum atomic E-state index is 10.7. The number of ether oxygens (including phenoxy) is 1. The van der Waals surface area contributed by atoms with Crippen molar-refractivity contribution in [2.45, 2.75) is 19.9 Å². The molecule has 0 aliphatic carbocycles. The number of benzene rings is 1. The molecule has 0 heterocycles. The second-order valence-electron chi connectivity index (χ2n) is 4.25. The summed E-state index contributed by atoms with van der Waals surface area (Å²) in [7, 11) is 1.73. The maximum Gasteiger partial charge on any atom is 0.255 e. The van der Waals surface area contributed by atoms with Crippen molar-refractivity contribution in [3.8, 4) is 5.75 Å². The zero-order valence-electron chi connectivity index (χ0n) is 12.0. The highest BCUT2D eigenvalue weighted by molar-refractivity contribution is 5.79. The molecule has 0 spiro atoms. The molecule has 0 aromatic heterocycles. The number of carbonyl (C=O) groups excluding carboxylic acids is 1. The topological polar surface area (TPSA) is 88.7 Å². The van der Waals surface area contributed by atoms with Gasteiger partial charge < -0.3 is 21.1 Å². The average Bonchev–Trinajstić information content (AvgIpc) is 2.46. The minimum absolute atomic E-state index is 0.114. The van der Waals surface area contributed by atoms with Crippen LogP contribution in [0.3, 0.4) is 0 Å². The van der Waals surface area contributed by atoms with Crippen molar-refractivity contribution in [2.24, 2.45) is 10.7 Å². The van der Waals surface area contributed by atoms with Crippen molar-refractivity contribution in [3.05, 3.63) is 29.8 Å². The number of primary amides is 1. The zero-order valence-corrected chi connectivity index (χ0v) is 12.0. The lowest BCUT2D eigenvalue weighted by atomic mass is 10.2. The van der Waals surface area contributed by atoms with Gasteiger partial charge in [-0.3, -0.25) is 9.79 Å². The smallest absolute Gasteiger partial charge is 0.255 e. The molecule has 20 heavy (non-hydrogen) atoms. The van der Waals surface area contributed by atoms with Crippen molar-refractivity contribution < 1.29 is 9.53 Å². The van der Waals surface area contributed by atoms with Gasteiger partial charge in [0.05, 0.1) is 0 Å². The molecule has 1 rings (SSSR count). The fourth-order valence-electron chi connectivity index (χ4n) is 1.55. The molecular formula is C14H22N4O2. The fourth-order valence-corrected chi connectivity index (χ4v) is 1.55. The summed E-state index contributed by atoms with van der Waals surface area (Å²) in [4.78, 5) is 14.8. The molecule has 0 atom stereocenters. The monoisotopic (exact) mass is 278 g/mol. The number of hydrogen-bond donors (Lipinski definition) is 3. The van der Waals surface area contributed by atoms with Crippen LogP contribution in [0, 0.1) is 0 Å². The third kappa shape index (κ3) is 6.08. The quantitative estimate of drug-likeness (QED) is 0.504. The Morgan fingerprint density at radius 2 is 2.20 bits per heavy atom. The Kier molecular flexibility index (Phi) is 6.95. The largest absolute Gasteiger partial charge is 0.484 e. The SMILES string of the molecule is CCCNC(=NC)NCc1cccc(OCC(N)=O)c1. The predicted molar refractivity (Wildman–Crippen MR) is 79.6 cm³/mol. The van der Waals surface area contributed by atoms with E-state index in [1.54, 1.807) is 13.1 Å². The van der Waals surface area contributed by atoms with Gasteiger partial charge in [-0.1, -0.05) is 19.1 Å². The first kappa shape index (κ1) is 15.8. The highest BCUT2D eigenvalue weighted by atomic mass is 16.5. The number of hydrogen-bond acceptors (Lipinski definition) is 3. The van der Waals surface area contributed by atoms with Gasteiger partial charge in [-0.2, -0.15) is 0 Å². The van der Waals surface area contributed by atoms with Crippen molar-refractivity contribution in [3.63, 3.8) is 0 Å². The summed E-state index contributed by atoms with van der Waals surface area (Å²) in [6, 6.07) is 7.49. The van der Waals surface area contributed by atoms with Crippen LogP contribution in [-0.2, 0) is 11.3 Å². The zero-order chi connectivity index (χ0) is 14.8. The molecule has 1 aromatic rings. The number of guanidine groups is 1. The third-order valence-electron chi connectivity index (χ3n) is 2.51. The van der Waals surface area contributed by atoms with E-state index in [1.165, 1.54) is 0 Å². The third-order valence-corrected chi connectivity index (χ3v) is 2.51. The lowest BCUT2D eigenvalue weighted by Gasteiger charge is -2.12. The van der Waals surface area contributed by atoms with Crippen LogP contribution >= 0.6 is 0 Å². The molecule has 6 heteroatoms. The van der Waals surface area contributed by atoms with Crippen molar-refractivity contribution in [1.82, 2.24) is 10.6 Å². The Morgan fingerprint density at radius 3 is 2.85 bits per heavy atom. The fraction of sp³-hybridized carbons (Fsp3) is 0.429. The van der Waals surface area contributed by atoms with E-state index in [0.29, 0.717) is 12.3 Å². The molecule has 6 nitrogen and oxygen atoms in total. The first-order chi connectivity index (χ1) is 9.65. The van der Waals surface area contributed by atoms with Crippen LogP contribution in [-0.4, -0.2) is 32.1 Å². The summed E-state index contributed by atoms with van der Waals surface area (Å²) in [5.41, 5.74) is 6.07. The molecule has 110 valence electrons. The van der Waals surface area contributed by atoms with E-state index in [-0.39, 0.29) is 6.61 Å². The highest BCUT2D eigenvalue weighted by Crippen LogP contribution is 2.12. The summed E-state index contributed by atoms with van der Waals surface area (Å²) in [5.74, 6) is 0.896. The van der Waals surface area contributed by atoms with Crippen molar-refractivity contribution in [2.75, 3.05) is 20.2 Å². The van der Waals surface area contributed by atoms with Crippen LogP contribution in [0.1, 0.15) is 18.9 Å². The summed E-state index contributed by atoms with van der Waals surface area (Å²) in [6.07, 6.45) is 1.04. The Balaban J connectivity index is 2.51. The molecule has 4 N–H and O–H groups in total. The summed E-state index contributed by atoms with van der Waals surface area (Å²) in [5, 5.41) is 6.39. The molecule has 0 unspecified atom stereocenters. The molecule has 0 bridgehead atoms. The van der Waals surface area contributed by atoms with E-state index in [0.717, 1.165) is 24.5 Å². The van der Waals surface area contributed by atoms with Crippen LogP contribution < -0.4 is 21.1 Å². The Morgan fingerprint density at radius 1 is 1.40 bits per heavy atom. The summed E-state index contributed by atoms with van der Waals surface area (Å²) < 4.78 is 5.26. The molecule has 0 aliphatic rings. The average molecular weight is 278 g/mol. The van der Waals surface area contributed by atoms with Crippen LogP contribution in [0.2, 0.25) is 0 Å². The van der Waals surface area contributed by atoms with Gasteiger partial charge >= 0.3 is 0 Å². The number of nitrogens with two attached hydrogens (primary N) is 1. The number of aliphatic imine (C=N–C) groups is 1. The molecule has 0 aliphatic heterocycles. The second kappa shape index (κ2) is 8.79. The van der Waals surface area contributed by atoms with Crippen LogP contribution in [0.4, 0.5) is 0 Å². The summed E-state index contributed by atoms with van der Waals surface area (Å²) in [6.45, 7) is 3.48. The Bertz CT molecular complexity index is 460. The van der Waals surface area contributed by atoms with Gasteiger partial charge in [0.2, 0.25) is 0 Å². The van der Waals surface area contributed by atoms with E-state index in [9.17, 15) is 4.79 Å². The van der Waals surface area contributed by atoms with E-state index in [2.05, 4.69) is 22.5 Å². The standard InChI is InChI=1S/C14H22N4O2/c1-3-7-17-14(16-2)18-9-11-5-4-6-12(8-11)20-10-13(15)19/h4-6,8H,3,7,9-10H2,1-2H3,(H2,15,19)(H2,16,17,18). The minimum Gasteiger partial charge on any atom is -0.484 e. The van der Waals surface area contributed by atoms with E-state index in [4.69, 9.17) is 10.5 Å². The van der Waals surface area contributed by atoms with Crippen molar-refractivity contribution in [1.29, 1.82) is 0 Å². The van der Waals surface area contributed by atoms with Crippen LogP contribution in [0.5, 0.6) is 5.75 Å². The highest BCUT2D eigenvalue weighted by Gasteiger charge is 2.01. The molecule has 0 saturated heterocycles. The number of amides is 1. The minimum atomic E-state index is -0.488. The number of carbonyl (C=O) groups is 1. The van der Waals surface area contributed by atoms with Crippen molar-refractivity contribution >= 4 is 11.9 Å². The Hall–Kier alpha value is -2.24. The molecule has 0 radical (unpaired) electrons. The number of nitrogens with zero attached hydrogens (tertiary/aromatic N) is 1. The van der Waals surface area contributed by atoms with Gasteiger partial charge in [0.15, 0.2) is 12.6 Å². The molecule has 1 amide bonds. The van der Waals surface area contributed by atoms with Gasteiger partial charge in [0.1, 0.15) is 5.75 Å². The first-order valence-electron chi connectivity index (χ1n) is 6.60. The van der Waals surface area contributed by atoms with Crippen LogP contribution in [0.15, 0.2) is 29.3 Å². The molecule has 1 aromatic carbocycles. The normalized spacial score (nSPS) is 11.0. The number of nitrogens with one attached hydrogen (secondary N) is 2. The van der Waals surface area contributed by atoms with Crippen LogP contribution in [0.25, 0.3) is 0 Å². The molecular weight excluding hydrogens is 256 g/mol. The van der Waals surface area contributed by atoms with Gasteiger partial charge in [-0.05, 0) is 24.1 Å². The van der Waals surface area contributed by atoms with Gasteiger partial charge in [0.25, 0.3) is 5.91 Å². The van der Waals surface area contributed by atoms with E-state index >= 15 is 0 Å². The predicted octanol–water partition coefficient (Wildman–Crippen LogP) is 0.626. The second-order valence-corrected chi connectivity index (χ2v) is 4.25. The molecule has 0 fully saturated rings. The van der Waals surface area contributed by atoms with Gasteiger partial charge in [-0.15, -0.1) is 0 Å². The lowest BCUT2D eigenvalue weighted by molar-refractivity contribution is -0.119. The van der Waals surface area contributed by atoms with E-state index < -0.39 is 5.91 Å². The van der Waals surface area contributed by atoms with E-state index in [1.807, 2.05) is 18.2 Å². The maximum absolute atomic E-state index is 10.7. The molecule has 0 saturated carbocycles. The number of rotatable bonds is 7.